The highest BCUT2D eigenvalue weighted by Crippen LogP contribution is 2.37. The maximum absolute atomic E-state index is 12.1. The highest BCUT2D eigenvalue weighted by Gasteiger charge is 2.31. The van der Waals surface area contributed by atoms with Gasteiger partial charge in [-0.05, 0) is 26.0 Å². The third-order valence-corrected chi connectivity index (χ3v) is 3.81. The van der Waals surface area contributed by atoms with Gasteiger partial charge in [-0.25, -0.2) is 9.97 Å². The van der Waals surface area contributed by atoms with Gasteiger partial charge in [-0.1, -0.05) is 0 Å². The van der Waals surface area contributed by atoms with Crippen molar-refractivity contribution in [2.45, 2.75) is 19.9 Å². The summed E-state index contributed by atoms with van der Waals surface area (Å²) in [5.74, 6) is 0.853. The Morgan fingerprint density at radius 3 is 2.68 bits per heavy atom. The molecule has 98 valence electrons. The molecule has 0 saturated carbocycles. The van der Waals surface area contributed by atoms with Crippen LogP contribution in [0.15, 0.2) is 18.3 Å². The van der Waals surface area contributed by atoms with Crippen LogP contribution in [0.4, 0.5) is 11.4 Å². The molecule has 1 aliphatic rings. The Balaban J connectivity index is 2.29. The van der Waals surface area contributed by atoms with E-state index in [2.05, 4.69) is 9.97 Å². The first kappa shape index (κ1) is 11.9. The first-order valence-corrected chi connectivity index (χ1v) is 6.27. The predicted molar refractivity (Wildman–Crippen MR) is 75.6 cm³/mol. The van der Waals surface area contributed by atoms with Crippen LogP contribution in [0.3, 0.4) is 0 Å². The van der Waals surface area contributed by atoms with Crippen LogP contribution in [0.1, 0.15) is 12.7 Å². The second kappa shape index (κ2) is 3.91. The number of carbonyl (C=O) groups is 1. The number of anilines is 2. The molecule has 5 nitrogen and oxygen atoms in total. The minimum Gasteiger partial charge on any atom is -0.361 e. The van der Waals surface area contributed by atoms with Gasteiger partial charge in [-0.2, -0.15) is 0 Å². The number of fused-ring (bicyclic) bond motifs is 2. The van der Waals surface area contributed by atoms with Gasteiger partial charge in [0.1, 0.15) is 11.9 Å². The first-order valence-electron chi connectivity index (χ1n) is 6.27. The van der Waals surface area contributed by atoms with Crippen molar-refractivity contribution in [1.29, 1.82) is 0 Å². The molecule has 1 atom stereocenters. The van der Waals surface area contributed by atoms with Crippen LogP contribution in [0, 0.1) is 6.92 Å². The molecule has 19 heavy (non-hydrogen) atoms. The van der Waals surface area contributed by atoms with E-state index in [1.807, 2.05) is 45.0 Å². The molecule has 0 fully saturated rings. The molecule has 3 rings (SSSR count). The molecule has 1 aromatic carbocycles. The summed E-state index contributed by atoms with van der Waals surface area (Å²) in [6.45, 7) is 3.79. The van der Waals surface area contributed by atoms with Gasteiger partial charge < -0.3 is 9.80 Å². The lowest BCUT2D eigenvalue weighted by molar-refractivity contribution is -0.119. The number of hydrogen-bond donors (Lipinski definition) is 0. The topological polar surface area (TPSA) is 49.3 Å². The molecular formula is C14H16N4O. The SMILES string of the molecule is Cc1ncc2cc3c(cc2n1)N(C)C(C)C(=O)N3C. The molecular weight excluding hydrogens is 240 g/mol. The predicted octanol–water partition coefficient (Wildman–Crippen LogP) is 1.74. The number of benzene rings is 1. The highest BCUT2D eigenvalue weighted by molar-refractivity contribution is 6.07. The maximum atomic E-state index is 12.1. The van der Waals surface area contributed by atoms with E-state index in [-0.39, 0.29) is 11.9 Å². The fraction of sp³-hybridized carbons (Fsp3) is 0.357. The van der Waals surface area contributed by atoms with Crippen molar-refractivity contribution in [2.75, 3.05) is 23.9 Å². The fourth-order valence-corrected chi connectivity index (χ4v) is 2.47. The summed E-state index contributed by atoms with van der Waals surface area (Å²) in [4.78, 5) is 24.5. The lowest BCUT2D eigenvalue weighted by atomic mass is 10.1. The van der Waals surface area contributed by atoms with Gasteiger partial charge >= 0.3 is 0 Å². The van der Waals surface area contributed by atoms with Crippen LogP contribution in [0.2, 0.25) is 0 Å². The van der Waals surface area contributed by atoms with E-state index in [0.29, 0.717) is 0 Å². The Bertz CT molecular complexity index is 682. The Morgan fingerprint density at radius 2 is 1.95 bits per heavy atom. The van der Waals surface area contributed by atoms with Crippen molar-refractivity contribution in [3.05, 3.63) is 24.2 Å². The Hall–Kier alpha value is -2.17. The Morgan fingerprint density at radius 1 is 1.21 bits per heavy atom. The molecule has 5 heteroatoms. The van der Waals surface area contributed by atoms with Gasteiger partial charge in [-0.15, -0.1) is 0 Å². The van der Waals surface area contributed by atoms with Crippen LogP contribution in [0.25, 0.3) is 10.9 Å². The minimum atomic E-state index is -0.155. The minimum absolute atomic E-state index is 0.0994. The zero-order valence-corrected chi connectivity index (χ0v) is 11.5. The highest BCUT2D eigenvalue weighted by atomic mass is 16.2. The van der Waals surface area contributed by atoms with E-state index in [9.17, 15) is 4.79 Å². The van der Waals surface area contributed by atoms with Gasteiger partial charge in [0.15, 0.2) is 0 Å². The maximum Gasteiger partial charge on any atom is 0.249 e. The molecule has 2 aromatic rings. The van der Waals surface area contributed by atoms with E-state index in [1.54, 1.807) is 11.1 Å². The quantitative estimate of drug-likeness (QED) is 0.720. The Kier molecular flexibility index (Phi) is 2.45. The molecule has 0 aliphatic carbocycles. The van der Waals surface area contributed by atoms with Gasteiger partial charge in [0.05, 0.1) is 16.9 Å². The smallest absolute Gasteiger partial charge is 0.249 e. The summed E-state index contributed by atoms with van der Waals surface area (Å²) in [5, 5.41) is 0.951. The zero-order valence-electron chi connectivity index (χ0n) is 11.5. The summed E-state index contributed by atoms with van der Waals surface area (Å²) in [6.07, 6.45) is 1.80. The van der Waals surface area contributed by atoms with Crippen LogP contribution < -0.4 is 9.80 Å². The average Bonchev–Trinajstić information content (AvgIpc) is 2.41. The van der Waals surface area contributed by atoms with Crippen LogP contribution >= 0.6 is 0 Å². The van der Waals surface area contributed by atoms with E-state index in [0.717, 1.165) is 28.1 Å². The molecule has 0 radical (unpaired) electrons. The molecule has 0 N–H and O–H groups in total. The number of carbonyl (C=O) groups excluding carboxylic acids is 1. The van der Waals surface area contributed by atoms with Crippen molar-refractivity contribution in [1.82, 2.24) is 9.97 Å². The van der Waals surface area contributed by atoms with Crippen molar-refractivity contribution in [3.63, 3.8) is 0 Å². The second-order valence-electron chi connectivity index (χ2n) is 5.00. The lowest BCUT2D eigenvalue weighted by Gasteiger charge is -2.38. The molecule has 1 amide bonds. The van der Waals surface area contributed by atoms with Crippen molar-refractivity contribution in [3.8, 4) is 0 Å². The molecule has 2 heterocycles. The van der Waals surface area contributed by atoms with Crippen molar-refractivity contribution >= 4 is 28.2 Å². The number of aryl methyl sites for hydroxylation is 1. The third kappa shape index (κ3) is 1.65. The van der Waals surface area contributed by atoms with Gasteiger partial charge in [0.25, 0.3) is 0 Å². The molecule has 1 aliphatic heterocycles. The van der Waals surface area contributed by atoms with Crippen molar-refractivity contribution < 1.29 is 4.79 Å². The zero-order chi connectivity index (χ0) is 13.7. The molecule has 0 saturated heterocycles. The third-order valence-electron chi connectivity index (χ3n) is 3.81. The molecule has 0 bridgehead atoms. The number of likely N-dealkylation sites (N-methyl/N-ethyl adjacent to an activating group) is 2. The van der Waals surface area contributed by atoms with Crippen LogP contribution in [-0.4, -0.2) is 36.0 Å². The Labute approximate surface area is 111 Å². The number of aromatic nitrogens is 2. The fourth-order valence-electron chi connectivity index (χ4n) is 2.47. The summed E-state index contributed by atoms with van der Waals surface area (Å²) in [6, 6.07) is 3.85. The summed E-state index contributed by atoms with van der Waals surface area (Å²) >= 11 is 0. The summed E-state index contributed by atoms with van der Waals surface area (Å²) in [5.41, 5.74) is 2.85. The summed E-state index contributed by atoms with van der Waals surface area (Å²) in [7, 11) is 3.75. The normalized spacial score (nSPS) is 18.9. The van der Waals surface area contributed by atoms with E-state index in [1.165, 1.54) is 0 Å². The summed E-state index contributed by atoms with van der Waals surface area (Å²) < 4.78 is 0. The number of nitrogens with zero attached hydrogens (tertiary/aromatic N) is 4. The van der Waals surface area contributed by atoms with E-state index in [4.69, 9.17) is 0 Å². The lowest BCUT2D eigenvalue weighted by Crippen LogP contribution is -2.48. The van der Waals surface area contributed by atoms with Crippen LogP contribution in [-0.2, 0) is 4.79 Å². The largest absolute Gasteiger partial charge is 0.361 e. The number of hydrogen-bond acceptors (Lipinski definition) is 4. The molecule has 1 unspecified atom stereocenters. The van der Waals surface area contributed by atoms with E-state index < -0.39 is 0 Å². The van der Waals surface area contributed by atoms with Gasteiger partial charge in [0, 0.05) is 25.7 Å². The molecule has 0 spiro atoms. The first-order chi connectivity index (χ1) is 8.99. The van der Waals surface area contributed by atoms with Gasteiger partial charge in [0.2, 0.25) is 5.91 Å². The van der Waals surface area contributed by atoms with E-state index >= 15 is 0 Å². The van der Waals surface area contributed by atoms with Gasteiger partial charge in [-0.3, -0.25) is 4.79 Å². The van der Waals surface area contributed by atoms with Crippen LogP contribution in [0.5, 0.6) is 0 Å². The monoisotopic (exact) mass is 256 g/mol. The number of amides is 1. The molecule has 1 aromatic heterocycles. The second-order valence-corrected chi connectivity index (χ2v) is 5.00. The average molecular weight is 256 g/mol. The standard InChI is InChI=1S/C14H16N4O/c1-8-14(19)18(4)12-5-10-7-15-9(2)16-11(10)6-13(12)17(8)3/h5-8H,1-4H3. The van der Waals surface area contributed by atoms with Crippen molar-refractivity contribution in [2.24, 2.45) is 0 Å². The number of rotatable bonds is 0.